The van der Waals surface area contributed by atoms with Crippen LogP contribution in [0.2, 0.25) is 0 Å². The van der Waals surface area contributed by atoms with Crippen LogP contribution in [0.15, 0.2) is 33.5 Å². The number of nitrogens with zero attached hydrogens (tertiary/aromatic N) is 2. The molecule has 0 radical (unpaired) electrons. The maximum atomic E-state index is 12.9. The zero-order valence-corrected chi connectivity index (χ0v) is 14.8. The Hall–Kier alpha value is -2.44. The first kappa shape index (κ1) is 18.9. The van der Waals surface area contributed by atoms with Crippen LogP contribution >= 0.6 is 0 Å². The second kappa shape index (κ2) is 8.60. The van der Waals surface area contributed by atoms with E-state index in [2.05, 4.69) is 24.3 Å². The van der Waals surface area contributed by atoms with Crippen LogP contribution in [0.25, 0.3) is 11.5 Å². The Labute approximate surface area is 146 Å². The van der Waals surface area contributed by atoms with E-state index in [4.69, 9.17) is 4.42 Å². The molecule has 0 bridgehead atoms. The molecule has 0 aliphatic heterocycles. The normalized spacial score (nSPS) is 12.4. The molecule has 1 unspecified atom stereocenters. The van der Waals surface area contributed by atoms with Crippen molar-refractivity contribution in [2.45, 2.75) is 52.6 Å². The number of amides is 1. The summed E-state index contributed by atoms with van der Waals surface area (Å²) in [5.74, 6) is -0.708. The van der Waals surface area contributed by atoms with Crippen molar-refractivity contribution >= 4 is 5.91 Å². The first-order valence-electron chi connectivity index (χ1n) is 8.48. The predicted molar refractivity (Wildman–Crippen MR) is 92.5 cm³/mol. The molecule has 1 heterocycles. The molecule has 1 amide bonds. The second-order valence-corrected chi connectivity index (χ2v) is 6.63. The number of carbonyl (C=O) groups excluding carboxylic acids is 1. The summed E-state index contributed by atoms with van der Waals surface area (Å²) in [6, 6.07) is 5.45. The van der Waals surface area contributed by atoms with Crippen molar-refractivity contribution in [3.05, 3.63) is 40.6 Å². The molecule has 1 atom stereocenters. The van der Waals surface area contributed by atoms with Crippen LogP contribution in [-0.4, -0.2) is 21.7 Å². The second-order valence-electron chi connectivity index (χ2n) is 6.63. The van der Waals surface area contributed by atoms with Gasteiger partial charge in [-0.15, -0.1) is 5.10 Å². The summed E-state index contributed by atoms with van der Waals surface area (Å²) in [5.41, 5.74) is 0.472. The minimum atomic E-state index is -0.720. The smallest absolute Gasteiger partial charge is 0.388 e. The molecule has 1 aromatic heterocycles. The number of carbonyl (C=O) groups is 1. The zero-order valence-electron chi connectivity index (χ0n) is 14.8. The quantitative estimate of drug-likeness (QED) is 0.795. The van der Waals surface area contributed by atoms with Crippen LogP contribution in [0.4, 0.5) is 4.39 Å². The van der Waals surface area contributed by atoms with Gasteiger partial charge in [-0.05, 0) is 43.5 Å². The highest BCUT2D eigenvalue weighted by Crippen LogP contribution is 2.15. The zero-order chi connectivity index (χ0) is 18.4. The van der Waals surface area contributed by atoms with Gasteiger partial charge in [-0.3, -0.25) is 4.79 Å². The van der Waals surface area contributed by atoms with Crippen LogP contribution in [0.3, 0.4) is 0 Å². The summed E-state index contributed by atoms with van der Waals surface area (Å²) >= 11 is 0. The number of nitrogens with one attached hydrogen (secondary N) is 1. The molecular formula is C18H24FN3O3. The van der Waals surface area contributed by atoms with Crippen molar-refractivity contribution < 1.29 is 13.6 Å². The monoisotopic (exact) mass is 349 g/mol. The lowest BCUT2D eigenvalue weighted by Gasteiger charge is -2.14. The average Bonchev–Trinajstić information content (AvgIpc) is 2.88. The van der Waals surface area contributed by atoms with Crippen molar-refractivity contribution in [1.29, 1.82) is 0 Å². The fourth-order valence-corrected chi connectivity index (χ4v) is 2.48. The number of hydrogen-bond donors (Lipinski definition) is 1. The molecular weight excluding hydrogens is 325 g/mol. The minimum Gasteiger partial charge on any atom is -0.388 e. The van der Waals surface area contributed by atoms with Gasteiger partial charge in [0.2, 0.25) is 11.8 Å². The number of aromatic nitrogens is 2. The Kier molecular flexibility index (Phi) is 6.50. The Bertz CT molecular complexity index is 750. The molecule has 7 heteroatoms. The summed E-state index contributed by atoms with van der Waals surface area (Å²) in [6.07, 6.45) is 3.04. The largest absolute Gasteiger partial charge is 0.437 e. The van der Waals surface area contributed by atoms with Gasteiger partial charge in [0.15, 0.2) is 0 Å². The lowest BCUT2D eigenvalue weighted by atomic mass is 10.0. The molecule has 6 nitrogen and oxygen atoms in total. The Morgan fingerprint density at radius 1 is 1.24 bits per heavy atom. The van der Waals surface area contributed by atoms with E-state index < -0.39 is 11.6 Å². The predicted octanol–water partition coefficient (Wildman–Crippen LogP) is 2.97. The summed E-state index contributed by atoms with van der Waals surface area (Å²) in [7, 11) is 0. The van der Waals surface area contributed by atoms with E-state index in [0.29, 0.717) is 11.5 Å². The van der Waals surface area contributed by atoms with E-state index in [-0.39, 0.29) is 24.4 Å². The first-order chi connectivity index (χ1) is 11.8. The third kappa shape index (κ3) is 5.85. The van der Waals surface area contributed by atoms with Crippen molar-refractivity contribution in [2.24, 2.45) is 5.92 Å². The van der Waals surface area contributed by atoms with Crippen LogP contribution < -0.4 is 11.1 Å². The third-order valence-corrected chi connectivity index (χ3v) is 3.82. The highest BCUT2D eigenvalue weighted by Gasteiger charge is 2.14. The highest BCUT2D eigenvalue weighted by atomic mass is 19.1. The van der Waals surface area contributed by atoms with E-state index in [9.17, 15) is 14.0 Å². The molecule has 0 saturated heterocycles. The molecule has 0 aliphatic carbocycles. The first-order valence-corrected chi connectivity index (χ1v) is 8.48. The number of rotatable bonds is 8. The Morgan fingerprint density at radius 2 is 1.92 bits per heavy atom. The Morgan fingerprint density at radius 3 is 2.56 bits per heavy atom. The minimum absolute atomic E-state index is 0.0328. The number of benzene rings is 1. The van der Waals surface area contributed by atoms with Gasteiger partial charge < -0.3 is 9.73 Å². The molecule has 2 aromatic rings. The average molecular weight is 349 g/mol. The lowest BCUT2D eigenvalue weighted by molar-refractivity contribution is -0.122. The summed E-state index contributed by atoms with van der Waals surface area (Å²) in [5, 5.41) is 6.85. The molecule has 0 aliphatic rings. The van der Waals surface area contributed by atoms with E-state index in [1.165, 1.54) is 24.3 Å². The topological polar surface area (TPSA) is 77.1 Å². The van der Waals surface area contributed by atoms with Gasteiger partial charge in [-0.25, -0.2) is 9.18 Å². The van der Waals surface area contributed by atoms with E-state index in [0.717, 1.165) is 23.9 Å². The molecule has 2 rings (SSSR count). The van der Waals surface area contributed by atoms with E-state index >= 15 is 0 Å². The Balaban J connectivity index is 1.93. The van der Waals surface area contributed by atoms with Crippen molar-refractivity contribution in [3.63, 3.8) is 0 Å². The van der Waals surface area contributed by atoms with E-state index in [1.54, 1.807) is 0 Å². The SMILES string of the molecule is CC(C)CCCC(C)NC(=O)Cn1nc(-c2ccc(F)cc2)oc1=O. The van der Waals surface area contributed by atoms with Gasteiger partial charge in [0.05, 0.1) is 0 Å². The summed E-state index contributed by atoms with van der Waals surface area (Å²) < 4.78 is 18.9. The van der Waals surface area contributed by atoms with Crippen LogP contribution in [0.1, 0.15) is 40.0 Å². The van der Waals surface area contributed by atoms with Gasteiger partial charge in [-0.2, -0.15) is 4.68 Å². The lowest BCUT2D eigenvalue weighted by Crippen LogP contribution is -2.37. The molecule has 25 heavy (non-hydrogen) atoms. The number of halogens is 1. The van der Waals surface area contributed by atoms with Gasteiger partial charge >= 0.3 is 5.76 Å². The van der Waals surface area contributed by atoms with Crippen molar-refractivity contribution in [3.8, 4) is 11.5 Å². The fourth-order valence-electron chi connectivity index (χ4n) is 2.48. The van der Waals surface area contributed by atoms with Crippen molar-refractivity contribution in [2.75, 3.05) is 0 Å². The molecule has 0 fully saturated rings. The highest BCUT2D eigenvalue weighted by molar-refractivity contribution is 5.75. The summed E-state index contributed by atoms with van der Waals surface area (Å²) in [4.78, 5) is 23.9. The molecule has 1 N–H and O–H groups in total. The van der Waals surface area contributed by atoms with Gasteiger partial charge in [0, 0.05) is 11.6 Å². The van der Waals surface area contributed by atoms with Crippen LogP contribution in [0, 0.1) is 11.7 Å². The van der Waals surface area contributed by atoms with Crippen molar-refractivity contribution in [1.82, 2.24) is 15.1 Å². The van der Waals surface area contributed by atoms with Crippen LogP contribution in [-0.2, 0) is 11.3 Å². The van der Waals surface area contributed by atoms with Crippen LogP contribution in [0.5, 0.6) is 0 Å². The maximum absolute atomic E-state index is 12.9. The maximum Gasteiger partial charge on any atom is 0.437 e. The molecule has 136 valence electrons. The molecule has 1 aromatic carbocycles. The standard InChI is InChI=1S/C18H24FN3O3/c1-12(2)5-4-6-13(3)20-16(23)11-22-18(24)25-17(21-22)14-7-9-15(19)10-8-14/h7-10,12-13H,4-6,11H2,1-3H3,(H,20,23). The summed E-state index contributed by atoms with van der Waals surface area (Å²) in [6.45, 7) is 6.06. The third-order valence-electron chi connectivity index (χ3n) is 3.82. The van der Waals surface area contributed by atoms with Gasteiger partial charge in [-0.1, -0.05) is 26.7 Å². The molecule has 0 spiro atoms. The number of hydrogen-bond acceptors (Lipinski definition) is 4. The van der Waals surface area contributed by atoms with Gasteiger partial charge in [0.1, 0.15) is 12.4 Å². The molecule has 0 saturated carbocycles. The van der Waals surface area contributed by atoms with E-state index in [1.807, 2.05) is 6.92 Å². The fraction of sp³-hybridized carbons (Fsp3) is 0.500. The van der Waals surface area contributed by atoms with Gasteiger partial charge in [0.25, 0.3) is 0 Å².